The average molecular weight is 330 g/mol. The lowest BCUT2D eigenvalue weighted by Gasteiger charge is -2.18. The van der Waals surface area contributed by atoms with Crippen molar-refractivity contribution in [3.63, 3.8) is 0 Å². The first-order chi connectivity index (χ1) is 11.4. The fourth-order valence-electron chi connectivity index (χ4n) is 2.40. The molecule has 2 amide bonds. The van der Waals surface area contributed by atoms with Crippen molar-refractivity contribution < 1.29 is 14.4 Å². The highest BCUT2D eigenvalue weighted by Gasteiger charge is 2.21. The molecule has 2 rings (SSSR count). The Labute approximate surface area is 140 Å². The van der Waals surface area contributed by atoms with Crippen molar-refractivity contribution in [1.29, 1.82) is 0 Å². The van der Waals surface area contributed by atoms with Gasteiger partial charge in [-0.2, -0.15) is 0 Å². The molecule has 7 heteroatoms. The number of carbonyl (C=O) groups excluding carboxylic acids is 3. The van der Waals surface area contributed by atoms with Crippen LogP contribution in [0.4, 0.5) is 0 Å². The number of benzene rings is 1. The maximum absolute atomic E-state index is 12.2. The first-order valence-corrected chi connectivity index (χ1v) is 7.79. The fourth-order valence-corrected chi connectivity index (χ4v) is 2.40. The van der Waals surface area contributed by atoms with Gasteiger partial charge in [0.1, 0.15) is 12.3 Å². The number of rotatable bonds is 7. The number of aromatic nitrogens is 1. The minimum Gasteiger partial charge on any atom is -0.361 e. The normalized spacial score (nSPS) is 14.6. The number of para-hydroxylation sites is 1. The lowest BCUT2D eigenvalue weighted by atomic mass is 10.0. The Balaban J connectivity index is 1.94. The van der Waals surface area contributed by atoms with Gasteiger partial charge in [-0.15, -0.1) is 0 Å². The number of fused-ring (bicyclic) bond motifs is 1. The van der Waals surface area contributed by atoms with Crippen LogP contribution in [0.1, 0.15) is 19.4 Å². The largest absolute Gasteiger partial charge is 0.361 e. The smallest absolute Gasteiger partial charge is 0.242 e. The van der Waals surface area contributed by atoms with Crippen molar-refractivity contribution >= 4 is 29.0 Å². The van der Waals surface area contributed by atoms with Gasteiger partial charge in [0, 0.05) is 17.1 Å². The number of nitrogens with one attached hydrogen (secondary N) is 3. The van der Waals surface area contributed by atoms with Gasteiger partial charge >= 0.3 is 0 Å². The monoisotopic (exact) mass is 330 g/mol. The second-order valence-corrected chi connectivity index (χ2v) is 5.83. The second kappa shape index (κ2) is 7.74. The Morgan fingerprint density at radius 1 is 1.21 bits per heavy atom. The molecule has 0 unspecified atom stereocenters. The van der Waals surface area contributed by atoms with E-state index in [1.807, 2.05) is 30.5 Å². The van der Waals surface area contributed by atoms with Crippen LogP contribution in [0.25, 0.3) is 10.9 Å². The van der Waals surface area contributed by atoms with Crippen molar-refractivity contribution in [2.45, 2.75) is 38.4 Å². The third kappa shape index (κ3) is 4.20. The SMILES string of the molecule is C[C@H](NC(=O)[C@@H](N)Cc1c[nH]c2ccccc12)C(=O)N[C@@H](C)C=O. The molecular formula is C17H22N4O3. The van der Waals surface area contributed by atoms with E-state index in [0.29, 0.717) is 12.7 Å². The lowest BCUT2D eigenvalue weighted by molar-refractivity contribution is -0.130. The molecule has 0 aliphatic carbocycles. The highest BCUT2D eigenvalue weighted by atomic mass is 16.2. The van der Waals surface area contributed by atoms with E-state index in [-0.39, 0.29) is 0 Å². The van der Waals surface area contributed by atoms with Crippen LogP contribution in [-0.4, -0.2) is 41.2 Å². The molecule has 128 valence electrons. The van der Waals surface area contributed by atoms with Crippen LogP contribution in [0.15, 0.2) is 30.5 Å². The van der Waals surface area contributed by atoms with Gasteiger partial charge in [-0.3, -0.25) is 9.59 Å². The summed E-state index contributed by atoms with van der Waals surface area (Å²) in [6.45, 7) is 3.10. The zero-order valence-electron chi connectivity index (χ0n) is 13.7. The zero-order chi connectivity index (χ0) is 17.7. The number of carbonyl (C=O) groups is 3. The molecule has 1 aromatic carbocycles. The molecule has 5 N–H and O–H groups in total. The van der Waals surface area contributed by atoms with Crippen molar-refractivity contribution in [3.8, 4) is 0 Å². The summed E-state index contributed by atoms with van der Waals surface area (Å²) >= 11 is 0. The molecule has 0 saturated carbocycles. The van der Waals surface area contributed by atoms with Crippen LogP contribution in [0.2, 0.25) is 0 Å². The van der Waals surface area contributed by atoms with Gasteiger partial charge in [-0.1, -0.05) is 18.2 Å². The van der Waals surface area contributed by atoms with Crippen molar-refractivity contribution in [3.05, 3.63) is 36.0 Å². The van der Waals surface area contributed by atoms with E-state index < -0.39 is 29.9 Å². The van der Waals surface area contributed by atoms with E-state index in [2.05, 4.69) is 15.6 Å². The highest BCUT2D eigenvalue weighted by molar-refractivity contribution is 5.91. The van der Waals surface area contributed by atoms with Crippen LogP contribution in [0, 0.1) is 0 Å². The quantitative estimate of drug-likeness (QED) is 0.544. The Bertz CT molecular complexity index is 740. The summed E-state index contributed by atoms with van der Waals surface area (Å²) in [7, 11) is 0. The summed E-state index contributed by atoms with van der Waals surface area (Å²) < 4.78 is 0. The van der Waals surface area contributed by atoms with E-state index in [9.17, 15) is 14.4 Å². The van der Waals surface area contributed by atoms with Crippen LogP contribution in [-0.2, 0) is 20.8 Å². The van der Waals surface area contributed by atoms with E-state index >= 15 is 0 Å². The summed E-state index contributed by atoms with van der Waals surface area (Å²) in [5.41, 5.74) is 7.89. The van der Waals surface area contributed by atoms with Gasteiger partial charge in [0.25, 0.3) is 0 Å². The third-order valence-electron chi connectivity index (χ3n) is 3.78. The summed E-state index contributed by atoms with van der Waals surface area (Å²) in [5, 5.41) is 6.06. The Morgan fingerprint density at radius 3 is 2.62 bits per heavy atom. The van der Waals surface area contributed by atoms with E-state index in [1.54, 1.807) is 13.8 Å². The molecule has 1 aromatic heterocycles. The molecule has 0 saturated heterocycles. The maximum Gasteiger partial charge on any atom is 0.242 e. The topological polar surface area (TPSA) is 117 Å². The van der Waals surface area contributed by atoms with Gasteiger partial charge in [-0.25, -0.2) is 0 Å². The number of amides is 2. The van der Waals surface area contributed by atoms with E-state index in [0.717, 1.165) is 16.5 Å². The zero-order valence-corrected chi connectivity index (χ0v) is 13.7. The van der Waals surface area contributed by atoms with Gasteiger partial charge in [0.2, 0.25) is 11.8 Å². The van der Waals surface area contributed by atoms with Crippen LogP contribution >= 0.6 is 0 Å². The van der Waals surface area contributed by atoms with Gasteiger partial charge < -0.3 is 26.1 Å². The molecule has 0 bridgehead atoms. The number of aromatic amines is 1. The minimum atomic E-state index is -0.775. The molecule has 1 heterocycles. The molecule has 0 spiro atoms. The predicted molar refractivity (Wildman–Crippen MR) is 91.3 cm³/mol. The van der Waals surface area contributed by atoms with Crippen LogP contribution in [0.3, 0.4) is 0 Å². The molecule has 0 fully saturated rings. The Kier molecular flexibility index (Phi) is 5.70. The minimum absolute atomic E-state index is 0.356. The number of nitrogens with two attached hydrogens (primary N) is 1. The number of aldehydes is 1. The lowest BCUT2D eigenvalue weighted by Crippen LogP contribution is -2.52. The summed E-state index contributed by atoms with van der Waals surface area (Å²) in [6.07, 6.45) is 2.81. The Morgan fingerprint density at radius 2 is 1.92 bits per heavy atom. The van der Waals surface area contributed by atoms with Crippen molar-refractivity contribution in [1.82, 2.24) is 15.6 Å². The van der Waals surface area contributed by atoms with Gasteiger partial charge in [-0.05, 0) is 31.9 Å². The number of hydrogen-bond acceptors (Lipinski definition) is 4. The first kappa shape index (κ1) is 17.7. The third-order valence-corrected chi connectivity index (χ3v) is 3.78. The predicted octanol–water partition coefficient (Wildman–Crippen LogP) is 0.246. The summed E-state index contributed by atoms with van der Waals surface area (Å²) in [4.78, 5) is 37.7. The van der Waals surface area contributed by atoms with Crippen LogP contribution in [0.5, 0.6) is 0 Å². The number of hydrogen-bond donors (Lipinski definition) is 4. The molecular weight excluding hydrogens is 308 g/mol. The molecule has 0 radical (unpaired) electrons. The maximum atomic E-state index is 12.2. The first-order valence-electron chi connectivity index (χ1n) is 7.79. The van der Waals surface area contributed by atoms with Crippen molar-refractivity contribution in [2.24, 2.45) is 5.73 Å². The summed E-state index contributed by atoms with van der Waals surface area (Å²) in [6, 6.07) is 5.61. The molecule has 0 aliphatic heterocycles. The molecule has 3 atom stereocenters. The molecule has 24 heavy (non-hydrogen) atoms. The van der Waals surface area contributed by atoms with Gasteiger partial charge in [0.15, 0.2) is 0 Å². The highest BCUT2D eigenvalue weighted by Crippen LogP contribution is 2.18. The Hall–Kier alpha value is -2.67. The van der Waals surface area contributed by atoms with E-state index in [4.69, 9.17) is 5.73 Å². The van der Waals surface area contributed by atoms with E-state index in [1.165, 1.54) is 0 Å². The molecule has 0 aliphatic rings. The number of H-pyrrole nitrogens is 1. The molecule has 2 aromatic rings. The fraction of sp³-hybridized carbons (Fsp3) is 0.353. The molecule has 7 nitrogen and oxygen atoms in total. The van der Waals surface area contributed by atoms with Crippen LogP contribution < -0.4 is 16.4 Å². The van der Waals surface area contributed by atoms with Crippen molar-refractivity contribution in [2.75, 3.05) is 0 Å². The standard InChI is InChI=1S/C17H22N4O3/c1-10(9-22)20-16(23)11(2)21-17(24)14(18)7-12-8-19-15-6-4-3-5-13(12)15/h3-6,8-11,14,19H,7,18H2,1-2H3,(H,20,23)(H,21,24)/t10-,11-,14-/m0/s1. The van der Waals surface area contributed by atoms with Gasteiger partial charge in [0.05, 0.1) is 12.1 Å². The second-order valence-electron chi connectivity index (χ2n) is 5.83. The average Bonchev–Trinajstić information content (AvgIpc) is 2.97. The summed E-state index contributed by atoms with van der Waals surface area (Å²) in [5.74, 6) is -0.844.